The van der Waals surface area contributed by atoms with Crippen LogP contribution in [0.2, 0.25) is 0 Å². The third-order valence-corrected chi connectivity index (χ3v) is 3.96. The first-order valence-electron chi connectivity index (χ1n) is 4.85. The van der Waals surface area contributed by atoms with Crippen molar-refractivity contribution in [3.8, 4) is 0 Å². The van der Waals surface area contributed by atoms with Crippen molar-refractivity contribution in [2.45, 2.75) is 30.8 Å². The lowest BCUT2D eigenvalue weighted by molar-refractivity contribution is 0.513. The summed E-state index contributed by atoms with van der Waals surface area (Å²) >= 11 is 5.46. The third-order valence-electron chi connectivity index (χ3n) is 2.29. The molecule has 0 aromatic heterocycles. The van der Waals surface area contributed by atoms with Crippen molar-refractivity contribution in [3.05, 3.63) is 28.2 Å². The molecule has 0 amide bonds. The van der Waals surface area contributed by atoms with Gasteiger partial charge in [0.2, 0.25) is 0 Å². The molecule has 1 aliphatic rings. The van der Waals surface area contributed by atoms with Crippen molar-refractivity contribution in [1.82, 2.24) is 5.32 Å². The highest BCUT2D eigenvalue weighted by molar-refractivity contribution is 9.10. The Kier molecular flexibility index (Phi) is 3.20. The number of nitrogens with one attached hydrogen (secondary N) is 1. The highest BCUT2D eigenvalue weighted by atomic mass is 79.9. The second kappa shape index (κ2) is 4.25. The predicted octanol–water partition coefficient (Wildman–Crippen LogP) is 3.59. The molecular formula is C11H14BrNS. The minimum atomic E-state index is 0.521. The molecule has 0 bridgehead atoms. The van der Waals surface area contributed by atoms with E-state index in [2.05, 4.69) is 53.3 Å². The molecule has 1 heterocycles. The standard InChI is InChI=1S/C11H14BrNS/c1-7(2)13-10-6-14-11-4-3-8(12)5-9(10)11/h3-5,7,10,13H,6H2,1-2H3. The molecule has 14 heavy (non-hydrogen) atoms. The zero-order valence-corrected chi connectivity index (χ0v) is 10.8. The fourth-order valence-electron chi connectivity index (χ4n) is 1.73. The molecule has 3 heteroatoms. The number of rotatable bonds is 2. The maximum absolute atomic E-state index is 3.58. The van der Waals surface area contributed by atoms with Gasteiger partial charge in [0.25, 0.3) is 0 Å². The third kappa shape index (κ3) is 2.15. The SMILES string of the molecule is CC(C)NC1CSc2ccc(Br)cc21. The van der Waals surface area contributed by atoms with Gasteiger partial charge in [0.1, 0.15) is 0 Å². The van der Waals surface area contributed by atoms with Crippen LogP contribution in [-0.2, 0) is 0 Å². The minimum Gasteiger partial charge on any atom is -0.307 e. The van der Waals surface area contributed by atoms with Crippen LogP contribution >= 0.6 is 27.7 Å². The number of hydrogen-bond acceptors (Lipinski definition) is 2. The van der Waals surface area contributed by atoms with Crippen LogP contribution in [0.25, 0.3) is 0 Å². The molecule has 1 N–H and O–H groups in total. The van der Waals surface area contributed by atoms with Crippen LogP contribution in [0.15, 0.2) is 27.6 Å². The smallest absolute Gasteiger partial charge is 0.0428 e. The summed E-state index contributed by atoms with van der Waals surface area (Å²) in [7, 11) is 0. The Morgan fingerprint density at radius 2 is 2.29 bits per heavy atom. The van der Waals surface area contributed by atoms with Gasteiger partial charge < -0.3 is 5.32 Å². The van der Waals surface area contributed by atoms with E-state index >= 15 is 0 Å². The van der Waals surface area contributed by atoms with Gasteiger partial charge in [-0.25, -0.2) is 0 Å². The fraction of sp³-hybridized carbons (Fsp3) is 0.455. The van der Waals surface area contributed by atoms with E-state index in [1.54, 1.807) is 0 Å². The lowest BCUT2D eigenvalue weighted by Gasteiger charge is -2.16. The van der Waals surface area contributed by atoms with E-state index < -0.39 is 0 Å². The lowest BCUT2D eigenvalue weighted by Crippen LogP contribution is -2.27. The maximum Gasteiger partial charge on any atom is 0.0428 e. The molecular weight excluding hydrogens is 258 g/mol. The Morgan fingerprint density at radius 3 is 3.00 bits per heavy atom. The van der Waals surface area contributed by atoms with Crippen molar-refractivity contribution in [2.75, 3.05) is 5.75 Å². The van der Waals surface area contributed by atoms with Crippen LogP contribution in [0.3, 0.4) is 0 Å². The van der Waals surface area contributed by atoms with E-state index in [0.29, 0.717) is 12.1 Å². The Bertz CT molecular complexity index is 338. The van der Waals surface area contributed by atoms with Crippen molar-refractivity contribution in [1.29, 1.82) is 0 Å². The van der Waals surface area contributed by atoms with E-state index in [1.165, 1.54) is 14.9 Å². The van der Waals surface area contributed by atoms with E-state index in [1.807, 2.05) is 11.8 Å². The van der Waals surface area contributed by atoms with E-state index in [0.717, 1.165) is 5.75 Å². The lowest BCUT2D eigenvalue weighted by atomic mass is 10.1. The van der Waals surface area contributed by atoms with Gasteiger partial charge in [-0.3, -0.25) is 0 Å². The van der Waals surface area contributed by atoms with Crippen molar-refractivity contribution < 1.29 is 0 Å². The molecule has 0 spiro atoms. The van der Waals surface area contributed by atoms with Crippen molar-refractivity contribution >= 4 is 27.7 Å². The Labute approximate surface area is 97.8 Å². The molecule has 2 rings (SSSR count). The first-order valence-corrected chi connectivity index (χ1v) is 6.63. The number of halogens is 1. The average molecular weight is 272 g/mol. The largest absolute Gasteiger partial charge is 0.307 e. The van der Waals surface area contributed by atoms with Gasteiger partial charge in [-0.2, -0.15) is 0 Å². The molecule has 1 aromatic rings. The molecule has 0 aliphatic carbocycles. The highest BCUT2D eigenvalue weighted by Gasteiger charge is 2.23. The molecule has 0 radical (unpaired) electrons. The minimum absolute atomic E-state index is 0.521. The normalized spacial score (nSPS) is 20.1. The monoisotopic (exact) mass is 271 g/mol. The van der Waals surface area contributed by atoms with Crippen molar-refractivity contribution in [2.24, 2.45) is 0 Å². The van der Waals surface area contributed by atoms with Gasteiger partial charge in [-0.15, -0.1) is 11.8 Å². The Morgan fingerprint density at radius 1 is 1.50 bits per heavy atom. The average Bonchev–Trinajstić information content (AvgIpc) is 2.47. The summed E-state index contributed by atoms with van der Waals surface area (Å²) in [6, 6.07) is 7.61. The molecule has 1 aromatic carbocycles. The van der Waals surface area contributed by atoms with E-state index in [-0.39, 0.29) is 0 Å². The second-order valence-electron chi connectivity index (χ2n) is 3.87. The quantitative estimate of drug-likeness (QED) is 0.883. The van der Waals surface area contributed by atoms with Crippen LogP contribution in [-0.4, -0.2) is 11.8 Å². The summed E-state index contributed by atoms with van der Waals surface area (Å²) in [6.45, 7) is 4.39. The van der Waals surface area contributed by atoms with Crippen LogP contribution in [0.1, 0.15) is 25.5 Å². The molecule has 1 atom stereocenters. The zero-order chi connectivity index (χ0) is 10.1. The molecule has 0 fully saturated rings. The summed E-state index contributed by atoms with van der Waals surface area (Å²) < 4.78 is 1.18. The van der Waals surface area contributed by atoms with E-state index in [9.17, 15) is 0 Å². The van der Waals surface area contributed by atoms with Crippen LogP contribution < -0.4 is 5.32 Å². The number of thioether (sulfide) groups is 1. The first kappa shape index (κ1) is 10.5. The highest BCUT2D eigenvalue weighted by Crippen LogP contribution is 2.39. The van der Waals surface area contributed by atoms with E-state index in [4.69, 9.17) is 0 Å². The van der Waals surface area contributed by atoms with Crippen LogP contribution in [0.4, 0.5) is 0 Å². The summed E-state index contributed by atoms with van der Waals surface area (Å²) in [5, 5.41) is 3.58. The first-order chi connectivity index (χ1) is 6.66. The van der Waals surface area contributed by atoms with Gasteiger partial charge in [0.05, 0.1) is 0 Å². The summed E-state index contributed by atoms with van der Waals surface area (Å²) in [4.78, 5) is 1.42. The molecule has 0 saturated heterocycles. The van der Waals surface area contributed by atoms with Crippen LogP contribution in [0, 0.1) is 0 Å². The number of benzene rings is 1. The van der Waals surface area contributed by atoms with Crippen molar-refractivity contribution in [3.63, 3.8) is 0 Å². The molecule has 1 aliphatic heterocycles. The maximum atomic E-state index is 3.58. The Balaban J connectivity index is 2.24. The zero-order valence-electron chi connectivity index (χ0n) is 8.38. The molecule has 1 nitrogen and oxygen atoms in total. The second-order valence-corrected chi connectivity index (χ2v) is 5.84. The van der Waals surface area contributed by atoms with Gasteiger partial charge in [-0.05, 0) is 23.8 Å². The van der Waals surface area contributed by atoms with Crippen LogP contribution in [0.5, 0.6) is 0 Å². The number of hydrogen-bond donors (Lipinski definition) is 1. The van der Waals surface area contributed by atoms with Gasteiger partial charge in [-0.1, -0.05) is 29.8 Å². The molecule has 76 valence electrons. The fourth-order valence-corrected chi connectivity index (χ4v) is 3.26. The van der Waals surface area contributed by atoms with Gasteiger partial charge in [0, 0.05) is 27.2 Å². The molecule has 0 saturated carbocycles. The Hall–Kier alpha value is 0.01000. The summed E-state index contributed by atoms with van der Waals surface area (Å²) in [5.74, 6) is 1.16. The van der Waals surface area contributed by atoms with Gasteiger partial charge in [0.15, 0.2) is 0 Å². The van der Waals surface area contributed by atoms with Gasteiger partial charge >= 0.3 is 0 Å². The number of fused-ring (bicyclic) bond motifs is 1. The topological polar surface area (TPSA) is 12.0 Å². The molecule has 1 unspecified atom stereocenters. The predicted molar refractivity (Wildman–Crippen MR) is 65.9 cm³/mol. The summed E-state index contributed by atoms with van der Waals surface area (Å²) in [6.07, 6.45) is 0. The summed E-state index contributed by atoms with van der Waals surface area (Å²) in [5.41, 5.74) is 1.44.